The van der Waals surface area contributed by atoms with Gasteiger partial charge in [-0.2, -0.15) is 0 Å². The highest BCUT2D eigenvalue weighted by molar-refractivity contribution is 5.87. The lowest BCUT2D eigenvalue weighted by Gasteiger charge is -2.41. The van der Waals surface area contributed by atoms with E-state index >= 15 is 0 Å². The number of epoxide rings is 1. The van der Waals surface area contributed by atoms with Crippen LogP contribution in [0.25, 0.3) is 0 Å². The van der Waals surface area contributed by atoms with Crippen LogP contribution in [0.5, 0.6) is 0 Å². The highest BCUT2D eigenvalue weighted by Crippen LogP contribution is 2.46. The van der Waals surface area contributed by atoms with Crippen LogP contribution in [-0.4, -0.2) is 77.6 Å². The van der Waals surface area contributed by atoms with Crippen molar-refractivity contribution in [3.05, 3.63) is 36.0 Å². The molecular formula is C27H41NO8. The fraction of sp³-hybridized carbons (Fsp3) is 0.704. The van der Waals surface area contributed by atoms with Crippen LogP contribution in [0, 0.1) is 0 Å². The first-order chi connectivity index (χ1) is 16.8. The highest BCUT2D eigenvalue weighted by Gasteiger charge is 2.60. The Labute approximate surface area is 213 Å². The van der Waals surface area contributed by atoms with Crippen molar-refractivity contribution in [1.82, 2.24) is 5.32 Å². The van der Waals surface area contributed by atoms with Crippen molar-refractivity contribution in [1.29, 1.82) is 0 Å². The molecule has 2 N–H and O–H groups in total. The summed E-state index contributed by atoms with van der Waals surface area (Å²) in [5.41, 5.74) is 0.156. The number of allylic oxidation sites excluding steroid dienone is 2. The number of rotatable bonds is 8. The minimum absolute atomic E-state index is 0.256. The van der Waals surface area contributed by atoms with Crippen LogP contribution in [0.2, 0.25) is 0 Å². The van der Waals surface area contributed by atoms with Gasteiger partial charge in [-0.05, 0) is 47.6 Å². The van der Waals surface area contributed by atoms with E-state index in [-0.39, 0.29) is 29.8 Å². The standard InChI is InChI=1S/C27H41NO8/c1-16(8-11-21-25(31)27(15-32-27)14-26(6,7)36-21)9-13-23-34-18(3)24(19(4)35-23)28-22(30)12-10-17(2)33-20(5)29/h8-12,17-19,21,23-25,31H,13-15H2,1-7H3,(H,28,30)/b11-8+,12-10-,16-9+/t17-,18-,19+,21+,23?,24?,25+,27+/m0/s1. The molecule has 0 bridgehead atoms. The van der Waals surface area contributed by atoms with E-state index in [1.807, 2.05) is 52.8 Å². The average molecular weight is 508 g/mol. The van der Waals surface area contributed by atoms with Gasteiger partial charge in [-0.25, -0.2) is 0 Å². The van der Waals surface area contributed by atoms with Gasteiger partial charge in [0, 0.05) is 25.8 Å². The molecule has 1 amide bonds. The number of aliphatic hydroxyl groups excluding tert-OH is 1. The largest absolute Gasteiger partial charge is 0.459 e. The van der Waals surface area contributed by atoms with Crippen molar-refractivity contribution < 1.29 is 38.4 Å². The fourth-order valence-electron chi connectivity index (χ4n) is 4.85. The van der Waals surface area contributed by atoms with E-state index in [9.17, 15) is 14.7 Å². The first kappa shape index (κ1) is 28.5. The van der Waals surface area contributed by atoms with Crippen molar-refractivity contribution in [2.75, 3.05) is 6.61 Å². The van der Waals surface area contributed by atoms with E-state index in [4.69, 9.17) is 23.7 Å². The Bertz CT molecular complexity index is 878. The Morgan fingerprint density at radius 3 is 2.39 bits per heavy atom. The Morgan fingerprint density at radius 1 is 1.17 bits per heavy atom. The predicted octanol–water partition coefficient (Wildman–Crippen LogP) is 2.72. The summed E-state index contributed by atoms with van der Waals surface area (Å²) < 4.78 is 28.6. The van der Waals surface area contributed by atoms with Crippen molar-refractivity contribution in [3.63, 3.8) is 0 Å². The zero-order chi connectivity index (χ0) is 26.7. The number of carbonyl (C=O) groups excluding carboxylic acids is 2. The van der Waals surface area contributed by atoms with Crippen LogP contribution in [0.4, 0.5) is 0 Å². The Kier molecular flexibility index (Phi) is 9.16. The van der Waals surface area contributed by atoms with Gasteiger partial charge < -0.3 is 34.1 Å². The van der Waals surface area contributed by atoms with Crippen LogP contribution < -0.4 is 5.32 Å². The number of carbonyl (C=O) groups is 2. The maximum Gasteiger partial charge on any atom is 0.303 e. The number of ether oxygens (including phenoxy) is 5. The summed E-state index contributed by atoms with van der Waals surface area (Å²) in [6.07, 6.45) is 7.37. The molecule has 3 aliphatic heterocycles. The van der Waals surface area contributed by atoms with Crippen LogP contribution in [0.1, 0.15) is 61.3 Å². The second-order valence-corrected chi connectivity index (χ2v) is 10.7. The quantitative estimate of drug-likeness (QED) is 0.223. The zero-order valence-corrected chi connectivity index (χ0v) is 22.4. The molecule has 0 radical (unpaired) electrons. The van der Waals surface area contributed by atoms with Gasteiger partial charge in [0.25, 0.3) is 0 Å². The van der Waals surface area contributed by atoms with Gasteiger partial charge in [0.15, 0.2) is 6.29 Å². The molecule has 3 aliphatic rings. The summed E-state index contributed by atoms with van der Waals surface area (Å²) in [5, 5.41) is 13.6. The molecule has 2 unspecified atom stereocenters. The fourth-order valence-corrected chi connectivity index (χ4v) is 4.85. The lowest BCUT2D eigenvalue weighted by Crippen LogP contribution is -2.56. The van der Waals surface area contributed by atoms with Gasteiger partial charge >= 0.3 is 5.97 Å². The monoisotopic (exact) mass is 507 g/mol. The number of hydrogen-bond donors (Lipinski definition) is 2. The molecule has 3 saturated heterocycles. The third kappa shape index (κ3) is 7.73. The Morgan fingerprint density at radius 2 is 1.81 bits per heavy atom. The van der Waals surface area contributed by atoms with E-state index in [1.54, 1.807) is 6.92 Å². The number of esters is 1. The highest BCUT2D eigenvalue weighted by atomic mass is 16.7. The molecule has 3 fully saturated rings. The third-order valence-corrected chi connectivity index (χ3v) is 6.65. The van der Waals surface area contributed by atoms with Gasteiger partial charge in [-0.15, -0.1) is 0 Å². The van der Waals surface area contributed by atoms with E-state index in [1.165, 1.54) is 19.1 Å². The van der Waals surface area contributed by atoms with Crippen LogP contribution >= 0.6 is 0 Å². The van der Waals surface area contributed by atoms with E-state index in [0.29, 0.717) is 19.4 Å². The molecule has 9 heteroatoms. The second-order valence-electron chi connectivity index (χ2n) is 10.7. The molecule has 0 aromatic carbocycles. The van der Waals surface area contributed by atoms with Gasteiger partial charge in [0.1, 0.15) is 23.9 Å². The number of aliphatic hydroxyl groups is 1. The van der Waals surface area contributed by atoms with Gasteiger partial charge in [0.05, 0.1) is 30.5 Å². The molecule has 202 valence electrons. The summed E-state index contributed by atoms with van der Waals surface area (Å²) in [6.45, 7) is 13.4. The summed E-state index contributed by atoms with van der Waals surface area (Å²) in [6, 6.07) is -0.322. The second kappa shape index (κ2) is 11.6. The molecule has 36 heavy (non-hydrogen) atoms. The zero-order valence-electron chi connectivity index (χ0n) is 22.4. The van der Waals surface area contributed by atoms with Gasteiger partial charge in [0.2, 0.25) is 5.91 Å². The lowest BCUT2D eigenvalue weighted by atomic mass is 9.83. The SMILES string of the molecule is CC(=O)O[C@@H](C)/C=C\C(=O)NC1[C@H](C)OC(C/C=C(C)/C=C/[C@H]2OC(C)(C)C[C@@]3(CO3)[C@@H]2O)O[C@@H]1C. The van der Waals surface area contributed by atoms with Crippen LogP contribution in [0.15, 0.2) is 36.0 Å². The molecule has 1 spiro atoms. The third-order valence-electron chi connectivity index (χ3n) is 6.65. The van der Waals surface area contributed by atoms with Crippen molar-refractivity contribution in [3.8, 4) is 0 Å². The summed E-state index contributed by atoms with van der Waals surface area (Å²) in [5.74, 6) is -0.710. The first-order valence-corrected chi connectivity index (χ1v) is 12.6. The lowest BCUT2D eigenvalue weighted by molar-refractivity contribution is -0.244. The van der Waals surface area contributed by atoms with Crippen molar-refractivity contribution in [2.45, 2.75) is 115 Å². The first-order valence-electron chi connectivity index (χ1n) is 12.6. The van der Waals surface area contributed by atoms with Gasteiger partial charge in [-0.3, -0.25) is 9.59 Å². The summed E-state index contributed by atoms with van der Waals surface area (Å²) in [4.78, 5) is 23.3. The Balaban J connectivity index is 1.48. The molecule has 3 rings (SSSR count). The topological polar surface area (TPSA) is 116 Å². The predicted molar refractivity (Wildman–Crippen MR) is 133 cm³/mol. The Hall–Kier alpha value is -2.04. The van der Waals surface area contributed by atoms with E-state index < -0.39 is 36.2 Å². The molecule has 3 heterocycles. The van der Waals surface area contributed by atoms with E-state index in [2.05, 4.69) is 5.32 Å². The summed E-state index contributed by atoms with van der Waals surface area (Å²) >= 11 is 0. The average Bonchev–Trinajstić information content (AvgIpc) is 3.53. The van der Waals surface area contributed by atoms with E-state index in [0.717, 1.165) is 5.57 Å². The molecule has 0 aromatic heterocycles. The number of nitrogens with one attached hydrogen (secondary N) is 1. The molecule has 9 nitrogen and oxygen atoms in total. The number of amides is 1. The molecule has 0 saturated carbocycles. The molecule has 8 atom stereocenters. The summed E-state index contributed by atoms with van der Waals surface area (Å²) in [7, 11) is 0. The maximum absolute atomic E-state index is 12.3. The molecule has 0 aliphatic carbocycles. The smallest absolute Gasteiger partial charge is 0.303 e. The molecule has 0 aromatic rings. The van der Waals surface area contributed by atoms with Crippen molar-refractivity contribution >= 4 is 11.9 Å². The normalized spacial score (nSPS) is 37.3. The minimum Gasteiger partial charge on any atom is -0.459 e. The van der Waals surface area contributed by atoms with Crippen molar-refractivity contribution in [2.24, 2.45) is 0 Å². The number of hydrogen-bond acceptors (Lipinski definition) is 8. The van der Waals surface area contributed by atoms with Gasteiger partial charge in [-0.1, -0.05) is 23.8 Å². The maximum atomic E-state index is 12.3. The minimum atomic E-state index is -0.687. The van der Waals surface area contributed by atoms with Crippen LogP contribution in [0.3, 0.4) is 0 Å². The van der Waals surface area contributed by atoms with Crippen LogP contribution in [-0.2, 0) is 33.3 Å². The molecular weight excluding hydrogens is 466 g/mol.